The Kier molecular flexibility index (Phi) is 6.15. The molecule has 30 heavy (non-hydrogen) atoms. The van der Waals surface area contributed by atoms with Crippen LogP contribution in [0.5, 0.6) is 11.5 Å². The molecular weight excluding hydrogens is 424 g/mol. The van der Waals surface area contributed by atoms with Crippen molar-refractivity contribution in [1.29, 1.82) is 0 Å². The summed E-state index contributed by atoms with van der Waals surface area (Å²) in [4.78, 5) is 12.4. The highest BCUT2D eigenvalue weighted by Crippen LogP contribution is 2.34. The number of hydrogen-bond acceptors (Lipinski definition) is 6. The Labute approximate surface area is 183 Å². The molecule has 0 bridgehead atoms. The molecule has 3 aromatic rings. The van der Waals surface area contributed by atoms with Crippen molar-refractivity contribution < 1.29 is 14.3 Å². The minimum absolute atomic E-state index is 0.133. The number of ether oxygens (including phenoxy) is 2. The van der Waals surface area contributed by atoms with E-state index in [1.807, 2.05) is 48.7 Å². The smallest absolute Gasteiger partial charge is 0.234 e. The van der Waals surface area contributed by atoms with Crippen LogP contribution in [0, 0.1) is 6.92 Å². The standard InChI is InChI=1S/C21H21ClN4O3S/c1-3-26-20(14-5-7-17-18(10-14)29-9-8-28-17)24-25-21(26)30-12-19(27)23-15-6-4-13(2)16(22)11-15/h4-7,10-11H,3,8-9,12H2,1-2H3,(H,23,27). The zero-order chi connectivity index (χ0) is 21.1. The van der Waals surface area contributed by atoms with Gasteiger partial charge in [-0.15, -0.1) is 10.2 Å². The van der Waals surface area contributed by atoms with Gasteiger partial charge >= 0.3 is 0 Å². The van der Waals surface area contributed by atoms with Crippen molar-refractivity contribution in [3.8, 4) is 22.9 Å². The van der Waals surface area contributed by atoms with Crippen LogP contribution in [-0.2, 0) is 11.3 Å². The summed E-state index contributed by atoms with van der Waals surface area (Å²) in [6.07, 6.45) is 0. The van der Waals surface area contributed by atoms with Crippen molar-refractivity contribution in [3.63, 3.8) is 0 Å². The van der Waals surface area contributed by atoms with E-state index in [2.05, 4.69) is 15.5 Å². The van der Waals surface area contributed by atoms with Gasteiger partial charge in [-0.2, -0.15) is 0 Å². The molecule has 0 aliphatic carbocycles. The number of amides is 1. The van der Waals surface area contributed by atoms with E-state index in [0.29, 0.717) is 41.4 Å². The molecule has 9 heteroatoms. The average molecular weight is 445 g/mol. The van der Waals surface area contributed by atoms with E-state index in [0.717, 1.165) is 22.7 Å². The van der Waals surface area contributed by atoms with Crippen LogP contribution in [0.25, 0.3) is 11.4 Å². The van der Waals surface area contributed by atoms with E-state index < -0.39 is 0 Å². The van der Waals surface area contributed by atoms with Gasteiger partial charge in [0.2, 0.25) is 5.91 Å². The number of anilines is 1. The van der Waals surface area contributed by atoms with Crippen LogP contribution in [-0.4, -0.2) is 39.6 Å². The fraction of sp³-hybridized carbons (Fsp3) is 0.286. The first kappa shape index (κ1) is 20.6. The van der Waals surface area contributed by atoms with E-state index in [1.165, 1.54) is 11.8 Å². The molecule has 1 aromatic heterocycles. The summed E-state index contributed by atoms with van der Waals surface area (Å²) in [5.41, 5.74) is 2.52. The second-order valence-electron chi connectivity index (χ2n) is 6.71. The van der Waals surface area contributed by atoms with Gasteiger partial charge in [0.25, 0.3) is 0 Å². The van der Waals surface area contributed by atoms with Crippen LogP contribution in [0.3, 0.4) is 0 Å². The molecule has 2 aromatic carbocycles. The van der Waals surface area contributed by atoms with Gasteiger partial charge in [0.15, 0.2) is 22.5 Å². The third kappa shape index (κ3) is 4.39. The topological polar surface area (TPSA) is 78.3 Å². The predicted octanol–water partition coefficient (Wildman–Crippen LogP) is 4.43. The van der Waals surface area contributed by atoms with Gasteiger partial charge in [0.05, 0.1) is 5.75 Å². The molecule has 0 spiro atoms. The fourth-order valence-electron chi connectivity index (χ4n) is 3.07. The molecule has 0 fully saturated rings. The minimum Gasteiger partial charge on any atom is -0.486 e. The molecule has 4 rings (SSSR count). The highest BCUT2D eigenvalue weighted by atomic mass is 35.5. The number of rotatable bonds is 6. The summed E-state index contributed by atoms with van der Waals surface area (Å²) >= 11 is 7.46. The van der Waals surface area contributed by atoms with Crippen molar-refractivity contribution in [2.75, 3.05) is 24.3 Å². The Morgan fingerprint density at radius 2 is 1.97 bits per heavy atom. The number of benzene rings is 2. The maximum atomic E-state index is 12.4. The SMILES string of the molecule is CCn1c(SCC(=O)Nc2ccc(C)c(Cl)c2)nnc1-c1ccc2c(c1)OCCO2. The summed E-state index contributed by atoms with van der Waals surface area (Å²) < 4.78 is 13.2. The van der Waals surface area contributed by atoms with Crippen LogP contribution in [0.15, 0.2) is 41.6 Å². The van der Waals surface area contributed by atoms with Crippen LogP contribution in [0.1, 0.15) is 12.5 Å². The molecule has 0 unspecified atom stereocenters. The molecular formula is C21H21ClN4O3S. The van der Waals surface area contributed by atoms with E-state index >= 15 is 0 Å². The molecule has 156 valence electrons. The number of aromatic nitrogens is 3. The number of aryl methyl sites for hydroxylation is 1. The molecule has 2 heterocycles. The van der Waals surface area contributed by atoms with Crippen LogP contribution in [0.4, 0.5) is 5.69 Å². The van der Waals surface area contributed by atoms with Gasteiger partial charge in [-0.3, -0.25) is 4.79 Å². The third-order valence-corrected chi connectivity index (χ3v) is 6.00. The van der Waals surface area contributed by atoms with Gasteiger partial charge < -0.3 is 19.4 Å². The zero-order valence-electron chi connectivity index (χ0n) is 16.6. The molecule has 1 aliphatic heterocycles. The van der Waals surface area contributed by atoms with Gasteiger partial charge in [-0.25, -0.2) is 0 Å². The maximum absolute atomic E-state index is 12.4. The maximum Gasteiger partial charge on any atom is 0.234 e. The number of carbonyl (C=O) groups is 1. The lowest BCUT2D eigenvalue weighted by atomic mass is 10.2. The van der Waals surface area contributed by atoms with Crippen LogP contribution < -0.4 is 14.8 Å². The molecule has 0 saturated heterocycles. The summed E-state index contributed by atoms with van der Waals surface area (Å²) in [6.45, 7) is 5.69. The Morgan fingerprint density at radius 3 is 2.73 bits per heavy atom. The summed E-state index contributed by atoms with van der Waals surface area (Å²) in [6, 6.07) is 11.2. The minimum atomic E-state index is -0.133. The monoisotopic (exact) mass is 444 g/mol. The molecule has 0 radical (unpaired) electrons. The first-order chi connectivity index (χ1) is 14.5. The Hall–Kier alpha value is -2.71. The molecule has 1 N–H and O–H groups in total. The Balaban J connectivity index is 1.46. The highest BCUT2D eigenvalue weighted by molar-refractivity contribution is 7.99. The van der Waals surface area contributed by atoms with Crippen LogP contribution in [0.2, 0.25) is 5.02 Å². The largest absolute Gasteiger partial charge is 0.486 e. The fourth-order valence-corrected chi connectivity index (χ4v) is 4.06. The molecule has 0 atom stereocenters. The van der Waals surface area contributed by atoms with Crippen molar-refractivity contribution in [3.05, 3.63) is 47.0 Å². The lowest BCUT2D eigenvalue weighted by Gasteiger charge is -2.18. The van der Waals surface area contributed by atoms with Gasteiger partial charge in [0.1, 0.15) is 13.2 Å². The lowest BCUT2D eigenvalue weighted by molar-refractivity contribution is -0.113. The molecule has 0 saturated carbocycles. The number of nitrogens with one attached hydrogen (secondary N) is 1. The number of fused-ring (bicyclic) bond motifs is 1. The lowest BCUT2D eigenvalue weighted by Crippen LogP contribution is -2.15. The second-order valence-corrected chi connectivity index (χ2v) is 8.06. The molecule has 7 nitrogen and oxygen atoms in total. The van der Waals surface area contributed by atoms with Crippen molar-refractivity contribution in [1.82, 2.24) is 14.8 Å². The van der Waals surface area contributed by atoms with Crippen molar-refractivity contribution in [2.24, 2.45) is 0 Å². The first-order valence-electron chi connectivity index (χ1n) is 9.57. The second kappa shape index (κ2) is 8.97. The zero-order valence-corrected chi connectivity index (χ0v) is 18.2. The van der Waals surface area contributed by atoms with E-state index in [1.54, 1.807) is 6.07 Å². The predicted molar refractivity (Wildman–Crippen MR) is 118 cm³/mol. The van der Waals surface area contributed by atoms with E-state index in [9.17, 15) is 4.79 Å². The number of thioether (sulfide) groups is 1. The molecule has 1 amide bonds. The summed E-state index contributed by atoms with van der Waals surface area (Å²) in [5.74, 6) is 2.24. The molecule has 1 aliphatic rings. The number of hydrogen-bond donors (Lipinski definition) is 1. The summed E-state index contributed by atoms with van der Waals surface area (Å²) in [5, 5.41) is 12.8. The van der Waals surface area contributed by atoms with E-state index in [4.69, 9.17) is 21.1 Å². The van der Waals surface area contributed by atoms with E-state index in [-0.39, 0.29) is 11.7 Å². The third-order valence-electron chi connectivity index (χ3n) is 4.62. The van der Waals surface area contributed by atoms with Crippen LogP contribution >= 0.6 is 23.4 Å². The quantitative estimate of drug-likeness (QED) is 0.567. The van der Waals surface area contributed by atoms with Crippen molar-refractivity contribution >= 4 is 35.0 Å². The number of nitrogens with zero attached hydrogens (tertiary/aromatic N) is 3. The Morgan fingerprint density at radius 1 is 1.17 bits per heavy atom. The van der Waals surface area contributed by atoms with Gasteiger partial charge in [-0.05, 0) is 49.7 Å². The summed E-state index contributed by atoms with van der Waals surface area (Å²) in [7, 11) is 0. The average Bonchev–Trinajstić information content (AvgIpc) is 3.17. The van der Waals surface area contributed by atoms with Gasteiger partial charge in [0, 0.05) is 22.8 Å². The number of carbonyl (C=O) groups excluding carboxylic acids is 1. The highest BCUT2D eigenvalue weighted by Gasteiger charge is 2.18. The van der Waals surface area contributed by atoms with Gasteiger partial charge in [-0.1, -0.05) is 29.4 Å². The van der Waals surface area contributed by atoms with Crippen molar-refractivity contribution in [2.45, 2.75) is 25.5 Å². The number of halogens is 1. The normalized spacial score (nSPS) is 12.6. The Bertz CT molecular complexity index is 1090. The first-order valence-corrected chi connectivity index (χ1v) is 10.9.